The Labute approximate surface area is 197 Å². The molecular formula is C22H21BrN4O4S. The molecule has 3 aromatic rings. The maximum Gasteiger partial charge on any atom is 0.252 e. The summed E-state index contributed by atoms with van der Waals surface area (Å²) in [7, 11) is 0. The number of anilines is 1. The third-order valence-electron chi connectivity index (χ3n) is 5.14. The largest absolute Gasteiger partial charge is 0.454 e. The van der Waals surface area contributed by atoms with E-state index < -0.39 is 6.04 Å². The Kier molecular flexibility index (Phi) is 6.71. The van der Waals surface area contributed by atoms with Gasteiger partial charge in [-0.2, -0.15) is 0 Å². The zero-order valence-electron chi connectivity index (χ0n) is 17.4. The van der Waals surface area contributed by atoms with Gasteiger partial charge in [-0.25, -0.2) is 0 Å². The molecule has 2 aromatic carbocycles. The molecule has 32 heavy (non-hydrogen) atoms. The molecule has 1 aliphatic heterocycles. The van der Waals surface area contributed by atoms with Gasteiger partial charge in [-0.15, -0.1) is 10.2 Å². The second kappa shape index (κ2) is 9.66. The van der Waals surface area contributed by atoms with Crippen LogP contribution in [-0.4, -0.2) is 34.8 Å². The fraction of sp³-hybridized carbons (Fsp3) is 0.273. The Morgan fingerprint density at radius 3 is 2.75 bits per heavy atom. The van der Waals surface area contributed by atoms with Crippen molar-refractivity contribution in [3.05, 3.63) is 52.5 Å². The molecule has 0 radical (unpaired) electrons. The lowest BCUT2D eigenvalue weighted by atomic mass is 9.98. The number of rotatable bonds is 7. The fourth-order valence-electron chi connectivity index (χ4n) is 3.16. The first-order valence-electron chi connectivity index (χ1n) is 10.1. The van der Waals surface area contributed by atoms with Gasteiger partial charge in [0.1, 0.15) is 11.0 Å². The number of fused-ring (bicyclic) bond motifs is 1. The third kappa shape index (κ3) is 4.91. The first kappa shape index (κ1) is 22.2. The van der Waals surface area contributed by atoms with E-state index in [-0.39, 0.29) is 24.5 Å². The highest BCUT2D eigenvalue weighted by molar-refractivity contribution is 9.10. The van der Waals surface area contributed by atoms with E-state index in [9.17, 15) is 9.59 Å². The summed E-state index contributed by atoms with van der Waals surface area (Å²) in [6, 6.07) is 11.9. The molecule has 1 aliphatic rings. The summed E-state index contributed by atoms with van der Waals surface area (Å²) in [6.45, 7) is 4.01. The van der Waals surface area contributed by atoms with E-state index in [4.69, 9.17) is 9.47 Å². The Bertz CT molecular complexity index is 1150. The molecule has 0 fully saturated rings. The number of halogens is 1. The van der Waals surface area contributed by atoms with Crippen molar-refractivity contribution >= 4 is 44.2 Å². The molecular weight excluding hydrogens is 496 g/mol. The van der Waals surface area contributed by atoms with E-state index in [2.05, 4.69) is 36.8 Å². The van der Waals surface area contributed by atoms with Crippen molar-refractivity contribution in [2.24, 2.45) is 5.92 Å². The van der Waals surface area contributed by atoms with Crippen LogP contribution in [0.4, 0.5) is 5.13 Å². The molecule has 2 heterocycles. The second-order valence-electron chi connectivity index (χ2n) is 7.32. The molecule has 0 saturated heterocycles. The van der Waals surface area contributed by atoms with E-state index >= 15 is 0 Å². The summed E-state index contributed by atoms with van der Waals surface area (Å²) in [5.74, 6) is 0.304. The number of carbonyl (C=O) groups is 2. The summed E-state index contributed by atoms with van der Waals surface area (Å²) in [6.07, 6.45) is 0.707. The van der Waals surface area contributed by atoms with E-state index in [1.54, 1.807) is 18.2 Å². The van der Waals surface area contributed by atoms with E-state index in [1.165, 1.54) is 11.3 Å². The van der Waals surface area contributed by atoms with Crippen LogP contribution < -0.4 is 20.1 Å². The Morgan fingerprint density at radius 1 is 1.16 bits per heavy atom. The average molecular weight is 517 g/mol. The summed E-state index contributed by atoms with van der Waals surface area (Å²) >= 11 is 4.71. The maximum atomic E-state index is 13.0. The average Bonchev–Trinajstić information content (AvgIpc) is 3.45. The van der Waals surface area contributed by atoms with Crippen LogP contribution in [-0.2, 0) is 4.79 Å². The number of carbonyl (C=O) groups excluding carboxylic acids is 2. The van der Waals surface area contributed by atoms with E-state index in [0.29, 0.717) is 33.6 Å². The van der Waals surface area contributed by atoms with Crippen LogP contribution in [0.3, 0.4) is 0 Å². The maximum absolute atomic E-state index is 13.0. The molecule has 0 saturated carbocycles. The normalized spacial score (nSPS) is 14.0. The van der Waals surface area contributed by atoms with Crippen molar-refractivity contribution in [2.75, 3.05) is 12.1 Å². The molecule has 0 bridgehead atoms. The summed E-state index contributed by atoms with van der Waals surface area (Å²) in [4.78, 5) is 25.9. The van der Waals surface area contributed by atoms with Crippen molar-refractivity contribution in [2.45, 2.75) is 26.3 Å². The first-order chi connectivity index (χ1) is 15.4. The number of hydrogen-bond acceptors (Lipinski definition) is 7. The van der Waals surface area contributed by atoms with Crippen LogP contribution in [0.2, 0.25) is 0 Å². The molecule has 0 unspecified atom stereocenters. The number of nitrogens with one attached hydrogen (secondary N) is 2. The second-order valence-corrected chi connectivity index (χ2v) is 9.21. The van der Waals surface area contributed by atoms with Crippen molar-refractivity contribution in [3.63, 3.8) is 0 Å². The lowest BCUT2D eigenvalue weighted by Gasteiger charge is -2.23. The highest BCUT2D eigenvalue weighted by atomic mass is 79.9. The standard InChI is InChI=1S/C22H21BrN4O4S/c1-3-12(2)18(24-19(28)13-7-8-16-17(10-13)31-11-30-16)20(29)25-22-27-26-21(32-22)14-5-4-6-15(23)9-14/h4-10,12,18H,3,11H2,1-2H3,(H,24,28)(H,25,27,29)/t12-,18+/m0/s1. The van der Waals surface area contributed by atoms with Gasteiger partial charge in [0.25, 0.3) is 5.91 Å². The third-order valence-corrected chi connectivity index (χ3v) is 6.52. The highest BCUT2D eigenvalue weighted by Crippen LogP contribution is 2.32. The van der Waals surface area contributed by atoms with Crippen molar-refractivity contribution < 1.29 is 19.1 Å². The van der Waals surface area contributed by atoms with E-state index in [0.717, 1.165) is 10.0 Å². The van der Waals surface area contributed by atoms with Crippen LogP contribution in [0.5, 0.6) is 11.5 Å². The summed E-state index contributed by atoms with van der Waals surface area (Å²) in [5.41, 5.74) is 1.29. The Hall–Kier alpha value is -2.98. The Balaban J connectivity index is 1.47. The zero-order valence-corrected chi connectivity index (χ0v) is 19.8. The van der Waals surface area contributed by atoms with Crippen LogP contribution in [0, 0.1) is 5.92 Å². The topological polar surface area (TPSA) is 102 Å². The lowest BCUT2D eigenvalue weighted by molar-refractivity contribution is -0.119. The zero-order chi connectivity index (χ0) is 22.7. The van der Waals surface area contributed by atoms with Gasteiger partial charge >= 0.3 is 0 Å². The van der Waals surface area contributed by atoms with Crippen molar-refractivity contribution in [1.29, 1.82) is 0 Å². The van der Waals surface area contributed by atoms with Gasteiger partial charge in [-0.1, -0.05) is 59.7 Å². The minimum absolute atomic E-state index is 0.0922. The molecule has 10 heteroatoms. The predicted octanol–water partition coefficient (Wildman–Crippen LogP) is 4.48. The molecule has 1 aromatic heterocycles. The number of nitrogens with zero attached hydrogens (tertiary/aromatic N) is 2. The molecule has 4 rings (SSSR count). The van der Waals surface area contributed by atoms with Crippen LogP contribution in [0.1, 0.15) is 30.6 Å². The number of aromatic nitrogens is 2. The van der Waals surface area contributed by atoms with Crippen LogP contribution in [0.25, 0.3) is 10.6 Å². The summed E-state index contributed by atoms with van der Waals surface area (Å²) < 4.78 is 11.5. The number of ether oxygens (including phenoxy) is 2. The molecule has 2 atom stereocenters. The highest BCUT2D eigenvalue weighted by Gasteiger charge is 2.28. The van der Waals surface area contributed by atoms with Gasteiger partial charge in [0.05, 0.1) is 0 Å². The van der Waals surface area contributed by atoms with Crippen molar-refractivity contribution in [3.8, 4) is 22.1 Å². The molecule has 2 N–H and O–H groups in total. The quantitative estimate of drug-likeness (QED) is 0.479. The lowest BCUT2D eigenvalue weighted by Crippen LogP contribution is -2.47. The summed E-state index contributed by atoms with van der Waals surface area (Å²) in [5, 5.41) is 14.9. The van der Waals surface area contributed by atoms with Gasteiger partial charge in [0, 0.05) is 15.6 Å². The van der Waals surface area contributed by atoms with Gasteiger partial charge in [-0.3, -0.25) is 14.9 Å². The minimum atomic E-state index is -0.740. The van der Waals surface area contributed by atoms with Crippen LogP contribution >= 0.6 is 27.3 Å². The molecule has 2 amide bonds. The molecule has 0 aliphatic carbocycles. The van der Waals surface area contributed by atoms with Gasteiger partial charge in [-0.05, 0) is 36.2 Å². The first-order valence-corrected chi connectivity index (χ1v) is 11.7. The van der Waals surface area contributed by atoms with Gasteiger partial charge < -0.3 is 14.8 Å². The Morgan fingerprint density at radius 2 is 1.97 bits per heavy atom. The van der Waals surface area contributed by atoms with Gasteiger partial charge in [0.15, 0.2) is 11.5 Å². The molecule has 166 valence electrons. The SMILES string of the molecule is CC[C@H](C)[C@@H](NC(=O)c1ccc2c(c1)OCO2)C(=O)Nc1nnc(-c2cccc(Br)c2)s1. The smallest absolute Gasteiger partial charge is 0.252 e. The monoisotopic (exact) mass is 516 g/mol. The van der Waals surface area contributed by atoms with E-state index in [1.807, 2.05) is 38.1 Å². The fourth-order valence-corrected chi connectivity index (χ4v) is 4.30. The molecule has 8 nitrogen and oxygen atoms in total. The predicted molar refractivity (Wildman–Crippen MR) is 125 cm³/mol. The minimum Gasteiger partial charge on any atom is -0.454 e. The number of amides is 2. The number of benzene rings is 2. The van der Waals surface area contributed by atoms with Crippen LogP contribution in [0.15, 0.2) is 46.9 Å². The molecule has 0 spiro atoms. The van der Waals surface area contributed by atoms with Gasteiger partial charge in [0.2, 0.25) is 17.8 Å². The number of hydrogen-bond donors (Lipinski definition) is 2. The van der Waals surface area contributed by atoms with Crippen molar-refractivity contribution in [1.82, 2.24) is 15.5 Å².